The molecule has 1 saturated carbocycles. The highest BCUT2D eigenvalue weighted by Crippen LogP contribution is 2.46. The molecular weight excluding hydrogens is 224 g/mol. The second-order valence-electron chi connectivity index (χ2n) is 4.65. The van der Waals surface area contributed by atoms with Crippen LogP contribution in [0.5, 0.6) is 0 Å². The first-order valence-electron chi connectivity index (χ1n) is 5.74. The molecule has 0 saturated heterocycles. The number of esters is 1. The van der Waals surface area contributed by atoms with Crippen LogP contribution < -0.4 is 0 Å². The molecule has 0 spiro atoms. The molecule has 0 aromatic carbocycles. The zero-order valence-corrected chi connectivity index (χ0v) is 10.3. The Labute approximate surface area is 100 Å². The highest BCUT2D eigenvalue weighted by Gasteiger charge is 2.50. The zero-order valence-electron chi connectivity index (χ0n) is 10.3. The van der Waals surface area contributed by atoms with Gasteiger partial charge in [-0.2, -0.15) is 0 Å². The maximum absolute atomic E-state index is 11.6. The Hall–Kier alpha value is -1.07. The zero-order chi connectivity index (χ0) is 12.6. The van der Waals surface area contributed by atoms with E-state index in [-0.39, 0.29) is 17.8 Å². The van der Waals surface area contributed by atoms with Crippen LogP contribution in [0.2, 0.25) is 0 Å². The van der Waals surface area contributed by atoms with E-state index in [4.69, 9.17) is 14.2 Å². The number of fused-ring (bicyclic) bond motifs is 1. The maximum Gasteiger partial charge on any atom is 0.337 e. The van der Waals surface area contributed by atoms with Crippen LogP contribution in [0.4, 0.5) is 0 Å². The van der Waals surface area contributed by atoms with E-state index in [0.717, 1.165) is 0 Å². The largest absolute Gasteiger partial charge is 0.472 e. The third-order valence-corrected chi connectivity index (χ3v) is 3.87. The molecular formula is C12H18O5. The fourth-order valence-corrected chi connectivity index (χ4v) is 2.88. The molecule has 1 fully saturated rings. The lowest BCUT2D eigenvalue weighted by Crippen LogP contribution is -2.37. The van der Waals surface area contributed by atoms with Gasteiger partial charge in [0.1, 0.15) is 0 Å². The average molecular weight is 242 g/mol. The summed E-state index contributed by atoms with van der Waals surface area (Å²) in [5.41, 5.74) is 0.495. The van der Waals surface area contributed by atoms with Crippen molar-refractivity contribution in [2.45, 2.75) is 25.7 Å². The Morgan fingerprint density at radius 1 is 1.53 bits per heavy atom. The second kappa shape index (κ2) is 4.66. The van der Waals surface area contributed by atoms with E-state index < -0.39 is 18.4 Å². The van der Waals surface area contributed by atoms with Gasteiger partial charge in [-0.1, -0.05) is 6.92 Å². The van der Waals surface area contributed by atoms with Gasteiger partial charge in [-0.05, 0) is 12.3 Å². The molecule has 5 atom stereocenters. The summed E-state index contributed by atoms with van der Waals surface area (Å²) in [6.07, 6.45) is 1.13. The summed E-state index contributed by atoms with van der Waals surface area (Å²) < 4.78 is 15.4. The maximum atomic E-state index is 11.6. The number of ether oxygens (including phenoxy) is 3. The summed E-state index contributed by atoms with van der Waals surface area (Å²) in [5, 5.41) is 9.92. The van der Waals surface area contributed by atoms with Crippen molar-refractivity contribution < 1.29 is 24.1 Å². The monoisotopic (exact) mass is 242 g/mol. The summed E-state index contributed by atoms with van der Waals surface area (Å²) in [5.74, 6) is -0.408. The van der Waals surface area contributed by atoms with E-state index in [1.165, 1.54) is 13.4 Å². The first kappa shape index (κ1) is 12.4. The van der Waals surface area contributed by atoms with Crippen molar-refractivity contribution in [3.63, 3.8) is 0 Å². The minimum atomic E-state index is -0.433. The van der Waals surface area contributed by atoms with Crippen LogP contribution in [0.3, 0.4) is 0 Å². The summed E-state index contributed by atoms with van der Waals surface area (Å²) in [4.78, 5) is 11.6. The normalized spacial score (nSPS) is 40.2. The first-order chi connectivity index (χ1) is 8.10. The summed E-state index contributed by atoms with van der Waals surface area (Å²) in [6, 6.07) is 0. The predicted molar refractivity (Wildman–Crippen MR) is 58.7 cm³/mol. The number of carbonyl (C=O) groups is 1. The molecule has 5 heteroatoms. The van der Waals surface area contributed by atoms with E-state index in [9.17, 15) is 9.90 Å². The minimum Gasteiger partial charge on any atom is -0.472 e. The van der Waals surface area contributed by atoms with Crippen LogP contribution in [0.15, 0.2) is 11.8 Å². The van der Waals surface area contributed by atoms with Crippen molar-refractivity contribution in [3.05, 3.63) is 11.8 Å². The number of aliphatic hydroxyl groups is 1. The SMILES string of the molecule is COC(=O)C1=CO[C@@H](OC)[C@@H]2[C@@H](C)[C@@H](O)C[C@H]12. The summed E-state index contributed by atoms with van der Waals surface area (Å²) >= 11 is 0. The van der Waals surface area contributed by atoms with Gasteiger partial charge >= 0.3 is 5.97 Å². The molecule has 96 valence electrons. The van der Waals surface area contributed by atoms with Crippen LogP contribution >= 0.6 is 0 Å². The Balaban J connectivity index is 2.29. The van der Waals surface area contributed by atoms with E-state index in [0.29, 0.717) is 12.0 Å². The van der Waals surface area contributed by atoms with Crippen molar-refractivity contribution in [3.8, 4) is 0 Å². The van der Waals surface area contributed by atoms with Crippen LogP contribution in [-0.4, -0.2) is 37.7 Å². The number of hydrogen-bond acceptors (Lipinski definition) is 5. The molecule has 0 bridgehead atoms. The predicted octanol–water partition coefficient (Wildman–Crippen LogP) is 0.679. The number of rotatable bonds is 2. The van der Waals surface area contributed by atoms with Gasteiger partial charge < -0.3 is 19.3 Å². The lowest BCUT2D eigenvalue weighted by molar-refractivity contribution is -0.155. The number of methoxy groups -OCH3 is 2. The molecule has 1 aliphatic carbocycles. The molecule has 1 N–H and O–H groups in total. The van der Waals surface area contributed by atoms with E-state index >= 15 is 0 Å². The quantitative estimate of drug-likeness (QED) is 0.721. The number of hydrogen-bond donors (Lipinski definition) is 1. The number of aliphatic hydroxyl groups excluding tert-OH is 1. The second-order valence-corrected chi connectivity index (χ2v) is 4.65. The molecule has 5 nitrogen and oxygen atoms in total. The third kappa shape index (κ3) is 1.93. The Morgan fingerprint density at radius 3 is 2.82 bits per heavy atom. The van der Waals surface area contributed by atoms with Crippen LogP contribution in [0.1, 0.15) is 13.3 Å². The van der Waals surface area contributed by atoms with Crippen molar-refractivity contribution in [2.24, 2.45) is 17.8 Å². The van der Waals surface area contributed by atoms with Crippen molar-refractivity contribution in [1.29, 1.82) is 0 Å². The highest BCUT2D eigenvalue weighted by atomic mass is 16.7. The van der Waals surface area contributed by atoms with E-state index in [2.05, 4.69) is 0 Å². The topological polar surface area (TPSA) is 65.0 Å². The lowest BCUT2D eigenvalue weighted by atomic mass is 9.83. The van der Waals surface area contributed by atoms with Gasteiger partial charge in [-0.3, -0.25) is 0 Å². The van der Waals surface area contributed by atoms with Crippen molar-refractivity contribution >= 4 is 5.97 Å². The Bertz CT molecular complexity index is 338. The smallest absolute Gasteiger partial charge is 0.337 e. The summed E-state index contributed by atoms with van der Waals surface area (Å²) in [7, 11) is 2.91. The van der Waals surface area contributed by atoms with E-state index in [1.807, 2.05) is 6.92 Å². The van der Waals surface area contributed by atoms with Gasteiger partial charge in [0.15, 0.2) is 0 Å². The van der Waals surface area contributed by atoms with Gasteiger partial charge in [0.25, 0.3) is 0 Å². The molecule has 1 aliphatic heterocycles. The molecule has 0 unspecified atom stereocenters. The highest BCUT2D eigenvalue weighted by molar-refractivity contribution is 5.89. The third-order valence-electron chi connectivity index (χ3n) is 3.87. The first-order valence-corrected chi connectivity index (χ1v) is 5.74. The fraction of sp³-hybridized carbons (Fsp3) is 0.750. The molecule has 0 radical (unpaired) electrons. The van der Waals surface area contributed by atoms with Gasteiger partial charge in [-0.15, -0.1) is 0 Å². The number of carbonyl (C=O) groups excluding carboxylic acids is 1. The van der Waals surface area contributed by atoms with Gasteiger partial charge in [-0.25, -0.2) is 4.79 Å². The standard InChI is InChI=1S/C12H18O5/c1-6-9(13)4-7-8(11(14)15-2)5-17-12(16-3)10(6)7/h5-7,9-10,12-13H,4H2,1-3H3/t6-,7+,9-,10+,12+/m0/s1. The molecule has 1 heterocycles. The molecule has 17 heavy (non-hydrogen) atoms. The average Bonchev–Trinajstić information content (AvgIpc) is 2.64. The molecule has 2 rings (SSSR count). The minimum absolute atomic E-state index is 0.00546. The van der Waals surface area contributed by atoms with Crippen molar-refractivity contribution in [1.82, 2.24) is 0 Å². The van der Waals surface area contributed by atoms with Crippen LogP contribution in [0, 0.1) is 17.8 Å². The molecule has 0 amide bonds. The van der Waals surface area contributed by atoms with Crippen LogP contribution in [0.25, 0.3) is 0 Å². The van der Waals surface area contributed by atoms with Gasteiger partial charge in [0.2, 0.25) is 6.29 Å². The Morgan fingerprint density at radius 2 is 2.24 bits per heavy atom. The van der Waals surface area contributed by atoms with Crippen LogP contribution in [-0.2, 0) is 19.0 Å². The van der Waals surface area contributed by atoms with Gasteiger partial charge in [0.05, 0.1) is 25.0 Å². The lowest BCUT2D eigenvalue weighted by Gasteiger charge is -2.34. The molecule has 0 aromatic rings. The van der Waals surface area contributed by atoms with Gasteiger partial charge in [0, 0.05) is 18.9 Å². The van der Waals surface area contributed by atoms with Crippen molar-refractivity contribution in [2.75, 3.05) is 14.2 Å². The van der Waals surface area contributed by atoms with E-state index in [1.54, 1.807) is 7.11 Å². The Kier molecular flexibility index (Phi) is 3.40. The summed E-state index contributed by atoms with van der Waals surface area (Å²) in [6.45, 7) is 1.95. The molecule has 2 aliphatic rings. The molecule has 0 aromatic heterocycles. The fourth-order valence-electron chi connectivity index (χ4n) is 2.88.